The minimum Gasteiger partial charge on any atom is -0.469 e. The highest BCUT2D eigenvalue weighted by molar-refractivity contribution is 5.93. The molecule has 0 heterocycles. The van der Waals surface area contributed by atoms with E-state index in [-0.39, 0.29) is 5.97 Å². The van der Waals surface area contributed by atoms with Gasteiger partial charge in [-0.05, 0) is 18.1 Å². The summed E-state index contributed by atoms with van der Waals surface area (Å²) in [4.78, 5) is 23.9. The Kier molecular flexibility index (Phi) is 7.51. The maximum Gasteiger partial charge on any atom is 0.338 e. The SMILES string of the molecule is CCCCCCC(C(=O)OC)c1ccccc1C(=O)OC. The molecule has 0 N–H and O–H groups in total. The van der Waals surface area contributed by atoms with E-state index in [1.165, 1.54) is 14.2 Å². The lowest BCUT2D eigenvalue weighted by Gasteiger charge is -2.17. The molecule has 1 aromatic carbocycles. The zero-order valence-electron chi connectivity index (χ0n) is 13.1. The van der Waals surface area contributed by atoms with Crippen LogP contribution >= 0.6 is 0 Å². The van der Waals surface area contributed by atoms with Crippen LogP contribution in [0.15, 0.2) is 24.3 Å². The molecule has 0 spiro atoms. The standard InChI is InChI=1S/C17H24O4/c1-4-5-6-7-11-14(16(18)20-2)13-10-8-9-12-15(13)17(19)21-3/h8-10,12,14H,4-7,11H2,1-3H3. The molecule has 0 fully saturated rings. The van der Waals surface area contributed by atoms with Gasteiger partial charge < -0.3 is 9.47 Å². The van der Waals surface area contributed by atoms with Crippen molar-refractivity contribution in [2.24, 2.45) is 0 Å². The maximum absolute atomic E-state index is 12.1. The van der Waals surface area contributed by atoms with E-state index >= 15 is 0 Å². The molecule has 1 atom stereocenters. The molecular weight excluding hydrogens is 268 g/mol. The first kappa shape index (κ1) is 17.2. The van der Waals surface area contributed by atoms with E-state index in [0.29, 0.717) is 17.5 Å². The fraction of sp³-hybridized carbons (Fsp3) is 0.529. The van der Waals surface area contributed by atoms with Gasteiger partial charge in [-0.1, -0.05) is 50.8 Å². The molecule has 1 rings (SSSR count). The second kappa shape index (κ2) is 9.16. The molecule has 0 radical (unpaired) electrons. The summed E-state index contributed by atoms with van der Waals surface area (Å²) in [6.45, 7) is 2.14. The Balaban J connectivity index is 2.97. The van der Waals surface area contributed by atoms with E-state index in [1.54, 1.807) is 18.2 Å². The number of carbonyl (C=O) groups excluding carboxylic acids is 2. The van der Waals surface area contributed by atoms with Crippen LogP contribution < -0.4 is 0 Å². The molecule has 0 aliphatic rings. The zero-order valence-corrected chi connectivity index (χ0v) is 13.1. The van der Waals surface area contributed by atoms with Crippen molar-refractivity contribution >= 4 is 11.9 Å². The predicted molar refractivity (Wildman–Crippen MR) is 81.3 cm³/mol. The van der Waals surface area contributed by atoms with Gasteiger partial charge >= 0.3 is 11.9 Å². The highest BCUT2D eigenvalue weighted by Crippen LogP contribution is 2.27. The summed E-state index contributed by atoms with van der Waals surface area (Å²) < 4.78 is 9.69. The molecule has 1 unspecified atom stereocenters. The smallest absolute Gasteiger partial charge is 0.338 e. The van der Waals surface area contributed by atoms with Gasteiger partial charge in [-0.25, -0.2) is 4.79 Å². The van der Waals surface area contributed by atoms with E-state index in [2.05, 4.69) is 6.92 Å². The number of benzene rings is 1. The molecular formula is C17H24O4. The van der Waals surface area contributed by atoms with Gasteiger partial charge in [-0.3, -0.25) is 4.79 Å². The molecule has 0 amide bonds. The summed E-state index contributed by atoms with van der Waals surface area (Å²) in [5.41, 5.74) is 1.12. The van der Waals surface area contributed by atoms with Crippen molar-refractivity contribution in [2.75, 3.05) is 14.2 Å². The van der Waals surface area contributed by atoms with E-state index < -0.39 is 11.9 Å². The van der Waals surface area contributed by atoms with E-state index in [0.717, 1.165) is 25.7 Å². The summed E-state index contributed by atoms with van der Waals surface area (Å²) in [5.74, 6) is -1.14. The Labute approximate surface area is 126 Å². The average Bonchev–Trinajstić information content (AvgIpc) is 2.53. The third-order valence-corrected chi connectivity index (χ3v) is 3.57. The number of esters is 2. The Morgan fingerprint density at radius 3 is 2.38 bits per heavy atom. The van der Waals surface area contributed by atoms with Gasteiger partial charge in [0.05, 0.1) is 25.7 Å². The van der Waals surface area contributed by atoms with Crippen LogP contribution in [-0.4, -0.2) is 26.2 Å². The molecule has 0 aromatic heterocycles. The van der Waals surface area contributed by atoms with E-state index in [4.69, 9.17) is 9.47 Å². The molecule has 0 aliphatic carbocycles. The first-order chi connectivity index (χ1) is 10.2. The van der Waals surface area contributed by atoms with Crippen molar-refractivity contribution in [3.05, 3.63) is 35.4 Å². The van der Waals surface area contributed by atoms with Crippen molar-refractivity contribution in [3.8, 4) is 0 Å². The zero-order chi connectivity index (χ0) is 15.7. The fourth-order valence-electron chi connectivity index (χ4n) is 2.41. The summed E-state index contributed by atoms with van der Waals surface area (Å²) >= 11 is 0. The van der Waals surface area contributed by atoms with Crippen molar-refractivity contribution in [1.29, 1.82) is 0 Å². The summed E-state index contributed by atoms with van der Waals surface area (Å²) in [7, 11) is 2.72. The number of hydrogen-bond donors (Lipinski definition) is 0. The average molecular weight is 292 g/mol. The summed E-state index contributed by atoms with van der Waals surface area (Å²) in [6, 6.07) is 7.07. The molecule has 0 aliphatic heterocycles. The van der Waals surface area contributed by atoms with Gasteiger partial charge in [0.25, 0.3) is 0 Å². The van der Waals surface area contributed by atoms with E-state index in [9.17, 15) is 9.59 Å². The summed E-state index contributed by atoms with van der Waals surface area (Å²) in [6.07, 6.45) is 4.97. The van der Waals surface area contributed by atoms with Crippen molar-refractivity contribution in [1.82, 2.24) is 0 Å². The number of unbranched alkanes of at least 4 members (excludes halogenated alkanes) is 3. The molecule has 116 valence electrons. The minimum absolute atomic E-state index is 0.303. The predicted octanol–water partition coefficient (Wildman–Crippen LogP) is 3.70. The summed E-state index contributed by atoms with van der Waals surface area (Å²) in [5, 5.41) is 0. The molecule has 0 saturated heterocycles. The Bertz CT molecular complexity index is 468. The van der Waals surface area contributed by atoms with Crippen LogP contribution in [0.2, 0.25) is 0 Å². The molecule has 4 nitrogen and oxygen atoms in total. The van der Waals surface area contributed by atoms with Gasteiger partial charge in [0, 0.05) is 0 Å². The minimum atomic E-state index is -0.423. The van der Waals surface area contributed by atoms with Crippen LogP contribution in [-0.2, 0) is 14.3 Å². The second-order valence-electron chi connectivity index (χ2n) is 5.00. The van der Waals surface area contributed by atoms with Crippen LogP contribution in [0.5, 0.6) is 0 Å². The second-order valence-corrected chi connectivity index (χ2v) is 5.00. The van der Waals surface area contributed by atoms with Crippen LogP contribution in [0, 0.1) is 0 Å². The topological polar surface area (TPSA) is 52.6 Å². The largest absolute Gasteiger partial charge is 0.469 e. The van der Waals surface area contributed by atoms with E-state index in [1.807, 2.05) is 6.07 Å². The Morgan fingerprint density at radius 1 is 1.05 bits per heavy atom. The van der Waals surface area contributed by atoms with Crippen molar-refractivity contribution in [2.45, 2.75) is 44.9 Å². The van der Waals surface area contributed by atoms with Gasteiger partial charge in [0.2, 0.25) is 0 Å². The lowest BCUT2D eigenvalue weighted by Crippen LogP contribution is -2.18. The molecule has 0 bridgehead atoms. The van der Waals surface area contributed by atoms with Crippen LogP contribution in [0.4, 0.5) is 0 Å². The monoisotopic (exact) mass is 292 g/mol. The van der Waals surface area contributed by atoms with Crippen molar-refractivity contribution in [3.63, 3.8) is 0 Å². The highest BCUT2D eigenvalue weighted by atomic mass is 16.5. The van der Waals surface area contributed by atoms with Gasteiger partial charge in [0.15, 0.2) is 0 Å². The molecule has 21 heavy (non-hydrogen) atoms. The number of methoxy groups -OCH3 is 2. The highest BCUT2D eigenvalue weighted by Gasteiger charge is 2.25. The fourth-order valence-corrected chi connectivity index (χ4v) is 2.41. The lowest BCUT2D eigenvalue weighted by atomic mass is 9.89. The number of carbonyl (C=O) groups is 2. The Hall–Kier alpha value is -1.84. The number of rotatable bonds is 8. The first-order valence-corrected chi connectivity index (χ1v) is 7.40. The number of ether oxygens (including phenoxy) is 2. The lowest BCUT2D eigenvalue weighted by molar-refractivity contribution is -0.142. The van der Waals surface area contributed by atoms with Gasteiger partial charge in [-0.2, -0.15) is 0 Å². The first-order valence-electron chi connectivity index (χ1n) is 7.40. The van der Waals surface area contributed by atoms with Crippen LogP contribution in [0.25, 0.3) is 0 Å². The molecule has 4 heteroatoms. The maximum atomic E-state index is 12.1. The normalized spacial score (nSPS) is 11.8. The Morgan fingerprint density at radius 2 is 1.76 bits per heavy atom. The van der Waals surface area contributed by atoms with Gasteiger partial charge in [0.1, 0.15) is 0 Å². The van der Waals surface area contributed by atoms with Crippen molar-refractivity contribution < 1.29 is 19.1 Å². The van der Waals surface area contributed by atoms with Gasteiger partial charge in [-0.15, -0.1) is 0 Å². The van der Waals surface area contributed by atoms with Crippen LogP contribution in [0.3, 0.4) is 0 Å². The number of hydrogen-bond acceptors (Lipinski definition) is 4. The molecule has 1 aromatic rings. The quantitative estimate of drug-likeness (QED) is 0.541. The van der Waals surface area contributed by atoms with Crippen LogP contribution in [0.1, 0.15) is 60.9 Å². The third-order valence-electron chi connectivity index (χ3n) is 3.57. The molecule has 0 saturated carbocycles. The third kappa shape index (κ3) is 4.88.